The summed E-state index contributed by atoms with van der Waals surface area (Å²) in [4.78, 5) is 10.5. The number of hydrogen-bond donors (Lipinski definition) is 2. The molecule has 1 aromatic carbocycles. The summed E-state index contributed by atoms with van der Waals surface area (Å²) in [6.07, 6.45) is 0.472. The molecule has 1 aromatic rings. The van der Waals surface area contributed by atoms with Gasteiger partial charge in [0.15, 0.2) is 0 Å². The molecule has 0 saturated carbocycles. The highest BCUT2D eigenvalue weighted by Gasteiger charge is 2.18. The first-order chi connectivity index (χ1) is 8.60. The molecule has 2 N–H and O–H groups in total. The normalized spacial score (nSPS) is 12.2. The fourth-order valence-electron chi connectivity index (χ4n) is 1.75. The standard InChI is InChI=1S/C12H18N2O4/c1-9-4-3-5-11(14(16)17)12(9)13-10(6-7-15)8-18-2/h3-5,10,13,15H,6-8H2,1-2H3. The predicted molar refractivity (Wildman–Crippen MR) is 68.8 cm³/mol. The summed E-state index contributed by atoms with van der Waals surface area (Å²) >= 11 is 0. The Labute approximate surface area is 106 Å². The van der Waals surface area contributed by atoms with Crippen molar-refractivity contribution in [3.8, 4) is 0 Å². The lowest BCUT2D eigenvalue weighted by atomic mass is 10.1. The Morgan fingerprint density at radius 1 is 1.56 bits per heavy atom. The zero-order valence-corrected chi connectivity index (χ0v) is 10.5. The highest BCUT2D eigenvalue weighted by molar-refractivity contribution is 5.66. The number of nitrogens with one attached hydrogen (secondary N) is 1. The molecule has 18 heavy (non-hydrogen) atoms. The van der Waals surface area contributed by atoms with E-state index in [1.54, 1.807) is 26.2 Å². The zero-order valence-electron chi connectivity index (χ0n) is 10.5. The highest BCUT2D eigenvalue weighted by atomic mass is 16.6. The third-order valence-electron chi connectivity index (χ3n) is 2.64. The second kappa shape index (κ2) is 6.93. The third-order valence-corrected chi connectivity index (χ3v) is 2.64. The van der Waals surface area contributed by atoms with Crippen LogP contribution in [0.3, 0.4) is 0 Å². The Morgan fingerprint density at radius 3 is 2.83 bits per heavy atom. The Bertz CT molecular complexity index is 403. The number of ether oxygens (including phenoxy) is 1. The minimum Gasteiger partial charge on any atom is -0.396 e. The van der Waals surface area contributed by atoms with Gasteiger partial charge in [0.2, 0.25) is 0 Å². The quantitative estimate of drug-likeness (QED) is 0.571. The van der Waals surface area contributed by atoms with Gasteiger partial charge < -0.3 is 15.2 Å². The van der Waals surface area contributed by atoms with Crippen molar-refractivity contribution in [3.63, 3.8) is 0 Å². The molecule has 1 rings (SSSR count). The van der Waals surface area contributed by atoms with E-state index in [4.69, 9.17) is 9.84 Å². The largest absolute Gasteiger partial charge is 0.396 e. The van der Waals surface area contributed by atoms with Gasteiger partial charge >= 0.3 is 0 Å². The summed E-state index contributed by atoms with van der Waals surface area (Å²) in [5.74, 6) is 0. The number of aliphatic hydroxyl groups is 1. The van der Waals surface area contributed by atoms with Gasteiger partial charge in [-0.1, -0.05) is 12.1 Å². The third kappa shape index (κ3) is 3.68. The van der Waals surface area contributed by atoms with Gasteiger partial charge in [-0.15, -0.1) is 0 Å². The van der Waals surface area contributed by atoms with Crippen LogP contribution < -0.4 is 5.32 Å². The van der Waals surface area contributed by atoms with Crippen LogP contribution in [0, 0.1) is 17.0 Å². The van der Waals surface area contributed by atoms with Crippen molar-refractivity contribution >= 4 is 11.4 Å². The highest BCUT2D eigenvalue weighted by Crippen LogP contribution is 2.28. The van der Waals surface area contributed by atoms with Gasteiger partial charge in [0.05, 0.1) is 17.6 Å². The van der Waals surface area contributed by atoms with Crippen molar-refractivity contribution < 1.29 is 14.8 Å². The van der Waals surface area contributed by atoms with E-state index in [0.29, 0.717) is 18.7 Å². The van der Waals surface area contributed by atoms with Gasteiger partial charge in [0.25, 0.3) is 5.69 Å². The molecule has 0 bridgehead atoms. The summed E-state index contributed by atoms with van der Waals surface area (Å²) in [6.45, 7) is 2.19. The molecule has 0 spiro atoms. The number of nitrogens with zero attached hydrogens (tertiary/aromatic N) is 1. The first-order valence-corrected chi connectivity index (χ1v) is 5.70. The first kappa shape index (κ1) is 14.4. The summed E-state index contributed by atoms with van der Waals surface area (Å²) in [5.41, 5.74) is 1.32. The summed E-state index contributed by atoms with van der Waals surface area (Å²) in [6, 6.07) is 4.76. The average Bonchev–Trinajstić information content (AvgIpc) is 2.32. The number of para-hydroxylation sites is 1. The number of anilines is 1. The fourth-order valence-corrected chi connectivity index (χ4v) is 1.75. The number of benzene rings is 1. The van der Waals surface area contributed by atoms with Crippen LogP contribution in [0.1, 0.15) is 12.0 Å². The maximum atomic E-state index is 11.0. The summed E-state index contributed by atoms with van der Waals surface area (Å²) in [5, 5.41) is 23.0. The molecule has 0 aliphatic heterocycles. The molecule has 0 amide bonds. The SMILES string of the molecule is COCC(CCO)Nc1c(C)cccc1[N+](=O)[O-]. The molecular formula is C12H18N2O4. The van der Waals surface area contributed by atoms with Crippen molar-refractivity contribution in [2.24, 2.45) is 0 Å². The van der Waals surface area contributed by atoms with E-state index in [9.17, 15) is 10.1 Å². The maximum absolute atomic E-state index is 11.0. The van der Waals surface area contributed by atoms with Crippen LogP contribution in [0.15, 0.2) is 18.2 Å². The van der Waals surface area contributed by atoms with E-state index in [1.165, 1.54) is 6.07 Å². The molecule has 0 aliphatic rings. The molecule has 1 atom stereocenters. The van der Waals surface area contributed by atoms with E-state index in [1.807, 2.05) is 0 Å². The molecule has 6 nitrogen and oxygen atoms in total. The zero-order chi connectivity index (χ0) is 13.5. The van der Waals surface area contributed by atoms with Crippen LogP contribution in [-0.2, 0) is 4.74 Å². The summed E-state index contributed by atoms with van der Waals surface area (Å²) in [7, 11) is 1.55. The lowest BCUT2D eigenvalue weighted by Gasteiger charge is -2.19. The van der Waals surface area contributed by atoms with E-state index >= 15 is 0 Å². The van der Waals surface area contributed by atoms with Gasteiger partial charge in [-0.3, -0.25) is 10.1 Å². The van der Waals surface area contributed by atoms with Crippen molar-refractivity contribution in [3.05, 3.63) is 33.9 Å². The van der Waals surface area contributed by atoms with E-state index in [0.717, 1.165) is 5.56 Å². The van der Waals surface area contributed by atoms with Crippen molar-refractivity contribution in [2.75, 3.05) is 25.6 Å². The second-order valence-electron chi connectivity index (χ2n) is 4.04. The number of hydrogen-bond acceptors (Lipinski definition) is 5. The number of nitro benzene ring substituents is 1. The fraction of sp³-hybridized carbons (Fsp3) is 0.500. The Hall–Kier alpha value is -1.66. The minimum atomic E-state index is -0.419. The molecule has 0 heterocycles. The van der Waals surface area contributed by atoms with Crippen LogP contribution in [0.25, 0.3) is 0 Å². The maximum Gasteiger partial charge on any atom is 0.292 e. The van der Waals surface area contributed by atoms with Crippen LogP contribution in [0.2, 0.25) is 0 Å². The van der Waals surface area contributed by atoms with Crippen molar-refractivity contribution in [2.45, 2.75) is 19.4 Å². The number of aliphatic hydroxyl groups excluding tert-OH is 1. The number of methoxy groups -OCH3 is 1. The van der Waals surface area contributed by atoms with Gasteiger partial charge in [0.1, 0.15) is 5.69 Å². The van der Waals surface area contributed by atoms with Crippen molar-refractivity contribution in [1.82, 2.24) is 0 Å². The minimum absolute atomic E-state index is 0.000700. The van der Waals surface area contributed by atoms with Gasteiger partial charge in [-0.2, -0.15) is 0 Å². The van der Waals surface area contributed by atoms with Gasteiger partial charge in [0, 0.05) is 19.8 Å². The van der Waals surface area contributed by atoms with Crippen LogP contribution in [0.5, 0.6) is 0 Å². The molecule has 6 heteroatoms. The number of rotatable bonds is 7. The van der Waals surface area contributed by atoms with E-state index in [-0.39, 0.29) is 18.3 Å². The molecule has 100 valence electrons. The lowest BCUT2D eigenvalue weighted by Crippen LogP contribution is -2.27. The monoisotopic (exact) mass is 254 g/mol. The molecule has 0 saturated heterocycles. The summed E-state index contributed by atoms with van der Waals surface area (Å²) < 4.78 is 5.03. The van der Waals surface area contributed by atoms with Gasteiger partial charge in [-0.05, 0) is 18.9 Å². The number of aryl methyl sites for hydroxylation is 1. The smallest absolute Gasteiger partial charge is 0.292 e. The molecular weight excluding hydrogens is 236 g/mol. The molecule has 0 aliphatic carbocycles. The second-order valence-corrected chi connectivity index (χ2v) is 4.04. The van der Waals surface area contributed by atoms with Gasteiger partial charge in [-0.25, -0.2) is 0 Å². The van der Waals surface area contributed by atoms with E-state index in [2.05, 4.69) is 5.32 Å². The molecule has 0 aromatic heterocycles. The Balaban J connectivity index is 2.96. The molecule has 1 unspecified atom stereocenters. The predicted octanol–water partition coefficient (Wildman–Crippen LogP) is 1.71. The molecule has 0 radical (unpaired) electrons. The van der Waals surface area contributed by atoms with Crippen LogP contribution >= 0.6 is 0 Å². The van der Waals surface area contributed by atoms with E-state index < -0.39 is 4.92 Å². The van der Waals surface area contributed by atoms with Crippen LogP contribution in [-0.4, -0.2) is 36.4 Å². The Morgan fingerprint density at radius 2 is 2.28 bits per heavy atom. The lowest BCUT2D eigenvalue weighted by molar-refractivity contribution is -0.384. The first-order valence-electron chi connectivity index (χ1n) is 5.70. The topological polar surface area (TPSA) is 84.6 Å². The number of nitro groups is 1. The Kier molecular flexibility index (Phi) is 5.54. The average molecular weight is 254 g/mol. The molecule has 0 fully saturated rings. The van der Waals surface area contributed by atoms with Crippen LogP contribution in [0.4, 0.5) is 11.4 Å². The van der Waals surface area contributed by atoms with Crippen molar-refractivity contribution in [1.29, 1.82) is 0 Å².